The molecule has 0 saturated heterocycles. The molecule has 2 aromatic heterocycles. The molecule has 27 heavy (non-hydrogen) atoms. The standard InChI is InChI=1S/C17H19N7O3/c1-23-8-11(7-19-23)16(10-4-13(25)5-10)20-17(27)14-6-12(2-3-15(14)26)24-9-18-21-22-24/h2-3,6-10,13,16,25-26H,4-5H2,1H3,(H,20,27)/t10?,13?,16-/m1/s1. The first-order chi connectivity index (χ1) is 13.0. The van der Waals surface area contributed by atoms with Gasteiger partial charge in [-0.25, -0.2) is 4.68 Å². The Hall–Kier alpha value is -3.27. The van der Waals surface area contributed by atoms with Gasteiger partial charge in [-0.2, -0.15) is 5.10 Å². The number of aromatic hydroxyl groups is 1. The summed E-state index contributed by atoms with van der Waals surface area (Å²) in [5, 5.41) is 37.9. The van der Waals surface area contributed by atoms with Gasteiger partial charge in [0, 0.05) is 18.8 Å². The van der Waals surface area contributed by atoms with Crippen molar-refractivity contribution in [3.8, 4) is 11.4 Å². The summed E-state index contributed by atoms with van der Waals surface area (Å²) in [4.78, 5) is 12.9. The zero-order valence-corrected chi connectivity index (χ0v) is 14.6. The second-order valence-corrected chi connectivity index (χ2v) is 6.74. The lowest BCUT2D eigenvalue weighted by molar-refractivity contribution is 0.0235. The van der Waals surface area contributed by atoms with E-state index in [4.69, 9.17) is 0 Å². The van der Waals surface area contributed by atoms with Crippen LogP contribution in [-0.4, -0.2) is 52.2 Å². The molecule has 0 bridgehead atoms. The average Bonchev–Trinajstić information content (AvgIpc) is 3.29. The van der Waals surface area contributed by atoms with Gasteiger partial charge in [0.05, 0.1) is 29.6 Å². The van der Waals surface area contributed by atoms with Crippen molar-refractivity contribution in [1.29, 1.82) is 0 Å². The van der Waals surface area contributed by atoms with Crippen molar-refractivity contribution in [3.05, 3.63) is 48.0 Å². The quantitative estimate of drug-likeness (QED) is 0.591. The molecule has 1 atom stereocenters. The number of rotatable bonds is 5. The summed E-state index contributed by atoms with van der Waals surface area (Å²) < 4.78 is 3.07. The predicted molar refractivity (Wildman–Crippen MR) is 93.0 cm³/mol. The molecule has 1 amide bonds. The largest absolute Gasteiger partial charge is 0.507 e. The van der Waals surface area contributed by atoms with Crippen LogP contribution in [0.5, 0.6) is 5.75 Å². The maximum Gasteiger partial charge on any atom is 0.255 e. The molecule has 3 aromatic rings. The van der Waals surface area contributed by atoms with E-state index in [1.54, 1.807) is 24.0 Å². The first-order valence-electron chi connectivity index (χ1n) is 8.55. The van der Waals surface area contributed by atoms with Crippen LogP contribution in [0, 0.1) is 5.92 Å². The van der Waals surface area contributed by atoms with E-state index in [2.05, 4.69) is 25.9 Å². The molecule has 140 valence electrons. The summed E-state index contributed by atoms with van der Waals surface area (Å²) in [5.41, 5.74) is 1.54. The Morgan fingerprint density at radius 1 is 1.37 bits per heavy atom. The molecule has 1 saturated carbocycles. The second-order valence-electron chi connectivity index (χ2n) is 6.74. The number of phenols is 1. The third kappa shape index (κ3) is 3.38. The molecule has 1 fully saturated rings. The van der Waals surface area contributed by atoms with E-state index in [9.17, 15) is 15.0 Å². The number of aliphatic hydroxyl groups is 1. The number of nitrogens with zero attached hydrogens (tertiary/aromatic N) is 6. The fourth-order valence-corrected chi connectivity index (χ4v) is 3.32. The molecule has 10 nitrogen and oxygen atoms in total. The van der Waals surface area contributed by atoms with Crippen molar-refractivity contribution in [2.75, 3.05) is 0 Å². The highest BCUT2D eigenvalue weighted by Crippen LogP contribution is 2.38. The van der Waals surface area contributed by atoms with Gasteiger partial charge in [0.1, 0.15) is 12.1 Å². The normalized spacial score (nSPS) is 20.1. The van der Waals surface area contributed by atoms with Crippen molar-refractivity contribution in [3.63, 3.8) is 0 Å². The molecular formula is C17H19N7O3. The van der Waals surface area contributed by atoms with E-state index in [1.807, 2.05) is 6.20 Å². The smallest absolute Gasteiger partial charge is 0.255 e. The van der Waals surface area contributed by atoms with Gasteiger partial charge in [-0.1, -0.05) is 0 Å². The number of benzene rings is 1. The first kappa shape index (κ1) is 17.2. The Labute approximate surface area is 154 Å². The predicted octanol–water partition coefficient (Wildman–Crippen LogP) is 0.343. The highest BCUT2D eigenvalue weighted by Gasteiger charge is 2.36. The van der Waals surface area contributed by atoms with E-state index in [-0.39, 0.29) is 29.4 Å². The summed E-state index contributed by atoms with van der Waals surface area (Å²) in [6, 6.07) is 4.27. The molecule has 4 rings (SSSR count). The number of hydrogen-bond acceptors (Lipinski definition) is 7. The van der Waals surface area contributed by atoms with Crippen molar-refractivity contribution < 1.29 is 15.0 Å². The lowest BCUT2D eigenvalue weighted by atomic mass is 9.75. The van der Waals surface area contributed by atoms with Crippen LogP contribution in [0.1, 0.15) is 34.8 Å². The number of hydrogen-bond donors (Lipinski definition) is 3. The minimum absolute atomic E-state index is 0.109. The molecule has 0 aliphatic heterocycles. The van der Waals surface area contributed by atoms with Crippen LogP contribution in [0.15, 0.2) is 36.9 Å². The summed E-state index contributed by atoms with van der Waals surface area (Å²) in [5.74, 6) is -0.446. The van der Waals surface area contributed by atoms with Crippen LogP contribution < -0.4 is 5.32 Å². The molecular weight excluding hydrogens is 350 g/mol. The Kier molecular flexibility index (Phi) is 4.32. The van der Waals surface area contributed by atoms with Crippen LogP contribution in [-0.2, 0) is 7.05 Å². The number of carbonyl (C=O) groups excluding carboxylic acids is 1. The fraction of sp³-hybridized carbons (Fsp3) is 0.353. The number of aromatic nitrogens is 6. The van der Waals surface area contributed by atoms with Gasteiger partial charge in [-0.05, 0) is 47.4 Å². The number of carbonyl (C=O) groups is 1. The van der Waals surface area contributed by atoms with Crippen molar-refractivity contribution in [2.45, 2.75) is 25.0 Å². The lowest BCUT2D eigenvalue weighted by Gasteiger charge is -2.37. The molecule has 0 spiro atoms. The van der Waals surface area contributed by atoms with E-state index >= 15 is 0 Å². The lowest BCUT2D eigenvalue weighted by Crippen LogP contribution is -2.41. The maximum absolute atomic E-state index is 12.9. The number of aliphatic hydroxyl groups excluding tert-OH is 1. The Bertz CT molecular complexity index is 947. The Balaban J connectivity index is 1.60. The van der Waals surface area contributed by atoms with Gasteiger partial charge < -0.3 is 15.5 Å². The molecule has 2 heterocycles. The van der Waals surface area contributed by atoms with E-state index in [1.165, 1.54) is 23.1 Å². The van der Waals surface area contributed by atoms with Crippen LogP contribution >= 0.6 is 0 Å². The minimum Gasteiger partial charge on any atom is -0.507 e. The van der Waals surface area contributed by atoms with Crippen LogP contribution in [0.2, 0.25) is 0 Å². The SMILES string of the molecule is Cn1cc([C@H](NC(=O)c2cc(-n3cnnn3)ccc2O)C2CC(O)C2)cn1. The van der Waals surface area contributed by atoms with Crippen molar-refractivity contribution in [1.82, 2.24) is 35.3 Å². The van der Waals surface area contributed by atoms with E-state index in [0.29, 0.717) is 18.5 Å². The topological polar surface area (TPSA) is 131 Å². The monoisotopic (exact) mass is 369 g/mol. The summed E-state index contributed by atoms with van der Waals surface area (Å²) in [6.07, 6.45) is 5.82. The number of amides is 1. The summed E-state index contributed by atoms with van der Waals surface area (Å²) in [7, 11) is 1.81. The van der Waals surface area contributed by atoms with Crippen molar-refractivity contribution >= 4 is 5.91 Å². The first-order valence-corrected chi connectivity index (χ1v) is 8.55. The maximum atomic E-state index is 12.9. The second kappa shape index (κ2) is 6.80. The zero-order chi connectivity index (χ0) is 19.0. The molecule has 0 radical (unpaired) electrons. The number of aryl methyl sites for hydroxylation is 1. The molecule has 3 N–H and O–H groups in total. The number of nitrogens with one attached hydrogen (secondary N) is 1. The minimum atomic E-state index is -0.419. The van der Waals surface area contributed by atoms with Gasteiger partial charge >= 0.3 is 0 Å². The third-order valence-corrected chi connectivity index (χ3v) is 4.83. The van der Waals surface area contributed by atoms with Crippen LogP contribution in [0.3, 0.4) is 0 Å². The van der Waals surface area contributed by atoms with Gasteiger partial charge in [0.15, 0.2) is 0 Å². The van der Waals surface area contributed by atoms with Crippen molar-refractivity contribution in [2.24, 2.45) is 13.0 Å². The summed E-state index contributed by atoms with van der Waals surface area (Å²) >= 11 is 0. The Morgan fingerprint density at radius 3 is 2.81 bits per heavy atom. The van der Waals surface area contributed by atoms with Crippen LogP contribution in [0.25, 0.3) is 5.69 Å². The zero-order valence-electron chi connectivity index (χ0n) is 14.6. The van der Waals surface area contributed by atoms with Gasteiger partial charge in [0.25, 0.3) is 5.91 Å². The molecule has 1 aromatic carbocycles. The molecule has 10 heteroatoms. The molecule has 1 aliphatic carbocycles. The van der Waals surface area contributed by atoms with E-state index in [0.717, 1.165) is 5.56 Å². The Morgan fingerprint density at radius 2 is 2.19 bits per heavy atom. The van der Waals surface area contributed by atoms with Gasteiger partial charge in [-0.15, -0.1) is 5.10 Å². The highest BCUT2D eigenvalue weighted by atomic mass is 16.3. The number of tetrazole rings is 1. The van der Waals surface area contributed by atoms with Gasteiger partial charge in [-0.3, -0.25) is 9.48 Å². The molecule has 1 aliphatic rings. The third-order valence-electron chi connectivity index (χ3n) is 4.83. The summed E-state index contributed by atoms with van der Waals surface area (Å²) in [6.45, 7) is 0. The van der Waals surface area contributed by atoms with E-state index < -0.39 is 5.91 Å². The molecule has 0 unspecified atom stereocenters. The van der Waals surface area contributed by atoms with Crippen LogP contribution in [0.4, 0.5) is 0 Å². The average molecular weight is 369 g/mol. The highest BCUT2D eigenvalue weighted by molar-refractivity contribution is 5.97. The van der Waals surface area contributed by atoms with Gasteiger partial charge in [0.2, 0.25) is 0 Å². The fourth-order valence-electron chi connectivity index (χ4n) is 3.32. The number of phenolic OH excluding ortho intramolecular Hbond substituents is 1.